The van der Waals surface area contributed by atoms with Gasteiger partial charge in [-0.05, 0) is 39.2 Å². The zero-order valence-electron chi connectivity index (χ0n) is 13.0. The third-order valence-electron chi connectivity index (χ3n) is 4.89. The standard InChI is InChI=1S/C15H28N4O2/c1-12-5-3-2-4-8-19(12)11-14(20)18-9-6-13(7-10-18)15(21)17-16/h12-13H,2-11,16H2,1H3,(H,17,21). The molecule has 0 bridgehead atoms. The molecule has 0 aliphatic carbocycles. The number of carbonyl (C=O) groups is 2. The van der Waals surface area contributed by atoms with Gasteiger partial charge in [0.2, 0.25) is 11.8 Å². The first-order valence-corrected chi connectivity index (χ1v) is 8.14. The zero-order valence-corrected chi connectivity index (χ0v) is 13.0. The Labute approximate surface area is 127 Å². The number of hydrogen-bond acceptors (Lipinski definition) is 4. The minimum Gasteiger partial charge on any atom is -0.342 e. The van der Waals surface area contributed by atoms with E-state index in [0.717, 1.165) is 6.54 Å². The highest BCUT2D eigenvalue weighted by molar-refractivity contribution is 5.80. The molecule has 1 unspecified atom stereocenters. The highest BCUT2D eigenvalue weighted by atomic mass is 16.2. The lowest BCUT2D eigenvalue weighted by molar-refractivity contribution is -0.137. The van der Waals surface area contributed by atoms with E-state index in [1.807, 2.05) is 4.90 Å². The summed E-state index contributed by atoms with van der Waals surface area (Å²) in [6.45, 7) is 5.10. The molecule has 0 radical (unpaired) electrons. The van der Waals surface area contributed by atoms with Crippen LogP contribution in [0.2, 0.25) is 0 Å². The van der Waals surface area contributed by atoms with E-state index in [0.29, 0.717) is 38.5 Å². The first kappa shape index (κ1) is 16.2. The van der Waals surface area contributed by atoms with Crippen molar-refractivity contribution in [1.29, 1.82) is 0 Å². The van der Waals surface area contributed by atoms with Crippen molar-refractivity contribution in [2.24, 2.45) is 11.8 Å². The lowest BCUT2D eigenvalue weighted by Gasteiger charge is -2.34. The number of carbonyl (C=O) groups excluding carboxylic acids is 2. The van der Waals surface area contributed by atoms with Crippen LogP contribution in [-0.4, -0.2) is 53.8 Å². The van der Waals surface area contributed by atoms with Gasteiger partial charge in [0.05, 0.1) is 6.54 Å². The molecule has 6 heteroatoms. The van der Waals surface area contributed by atoms with Gasteiger partial charge in [0.25, 0.3) is 0 Å². The second kappa shape index (κ2) is 7.75. The second-order valence-electron chi connectivity index (χ2n) is 6.33. The maximum Gasteiger partial charge on any atom is 0.237 e. The van der Waals surface area contributed by atoms with Crippen LogP contribution in [0, 0.1) is 5.92 Å². The number of amides is 2. The van der Waals surface area contributed by atoms with Crippen molar-refractivity contribution in [2.45, 2.75) is 51.5 Å². The molecule has 2 heterocycles. The molecule has 120 valence electrons. The van der Waals surface area contributed by atoms with Crippen LogP contribution in [0.3, 0.4) is 0 Å². The van der Waals surface area contributed by atoms with Gasteiger partial charge < -0.3 is 4.90 Å². The van der Waals surface area contributed by atoms with Crippen LogP contribution in [-0.2, 0) is 9.59 Å². The molecule has 0 aromatic heterocycles. The molecule has 6 nitrogen and oxygen atoms in total. The lowest BCUT2D eigenvalue weighted by Crippen LogP contribution is -2.48. The summed E-state index contributed by atoms with van der Waals surface area (Å²) in [4.78, 5) is 28.1. The van der Waals surface area contributed by atoms with Crippen LogP contribution in [0.15, 0.2) is 0 Å². The quantitative estimate of drug-likeness (QED) is 0.451. The Hall–Kier alpha value is -1.14. The highest BCUT2D eigenvalue weighted by Gasteiger charge is 2.28. The van der Waals surface area contributed by atoms with E-state index in [2.05, 4.69) is 17.2 Å². The topological polar surface area (TPSA) is 78.7 Å². The van der Waals surface area contributed by atoms with Crippen molar-refractivity contribution in [1.82, 2.24) is 15.2 Å². The van der Waals surface area contributed by atoms with Crippen LogP contribution in [0.1, 0.15) is 45.4 Å². The van der Waals surface area contributed by atoms with Gasteiger partial charge in [-0.3, -0.25) is 19.9 Å². The molecule has 2 aliphatic heterocycles. The summed E-state index contributed by atoms with van der Waals surface area (Å²) in [6.07, 6.45) is 6.34. The van der Waals surface area contributed by atoms with Gasteiger partial charge in [0, 0.05) is 25.0 Å². The minimum atomic E-state index is -0.108. The fourth-order valence-corrected chi connectivity index (χ4v) is 3.35. The van der Waals surface area contributed by atoms with Crippen LogP contribution < -0.4 is 11.3 Å². The number of nitrogens with two attached hydrogens (primary N) is 1. The number of hydrazine groups is 1. The van der Waals surface area contributed by atoms with Gasteiger partial charge in [-0.1, -0.05) is 12.8 Å². The largest absolute Gasteiger partial charge is 0.342 e. The van der Waals surface area contributed by atoms with Gasteiger partial charge in [0.15, 0.2) is 0 Å². The van der Waals surface area contributed by atoms with E-state index in [4.69, 9.17) is 5.84 Å². The van der Waals surface area contributed by atoms with E-state index in [9.17, 15) is 9.59 Å². The first-order chi connectivity index (χ1) is 10.1. The summed E-state index contributed by atoms with van der Waals surface area (Å²) in [5, 5.41) is 0. The number of piperidine rings is 1. The molecule has 0 aromatic carbocycles. The number of nitrogens with zero attached hydrogens (tertiary/aromatic N) is 2. The van der Waals surface area contributed by atoms with Crippen LogP contribution >= 0.6 is 0 Å². The smallest absolute Gasteiger partial charge is 0.237 e. The molecule has 0 spiro atoms. The van der Waals surface area contributed by atoms with Gasteiger partial charge in [-0.15, -0.1) is 0 Å². The Morgan fingerprint density at radius 2 is 1.81 bits per heavy atom. The minimum absolute atomic E-state index is 0.0452. The van der Waals surface area contributed by atoms with Crippen molar-refractivity contribution < 1.29 is 9.59 Å². The molecule has 1 atom stereocenters. The summed E-state index contributed by atoms with van der Waals surface area (Å²) in [5.74, 6) is 5.22. The maximum absolute atomic E-state index is 12.4. The van der Waals surface area contributed by atoms with E-state index < -0.39 is 0 Å². The monoisotopic (exact) mass is 296 g/mol. The molecular weight excluding hydrogens is 268 g/mol. The Morgan fingerprint density at radius 3 is 2.48 bits per heavy atom. The molecule has 0 saturated carbocycles. The van der Waals surface area contributed by atoms with Crippen molar-refractivity contribution in [3.05, 3.63) is 0 Å². The predicted molar refractivity (Wildman–Crippen MR) is 81.1 cm³/mol. The highest BCUT2D eigenvalue weighted by Crippen LogP contribution is 2.19. The van der Waals surface area contributed by atoms with E-state index >= 15 is 0 Å². The number of hydrogen-bond donors (Lipinski definition) is 2. The average Bonchev–Trinajstić information content (AvgIpc) is 2.71. The van der Waals surface area contributed by atoms with E-state index in [1.54, 1.807) is 0 Å². The molecule has 2 saturated heterocycles. The second-order valence-corrected chi connectivity index (χ2v) is 6.33. The molecule has 2 fully saturated rings. The van der Waals surface area contributed by atoms with Gasteiger partial charge in [0.1, 0.15) is 0 Å². The molecule has 0 aromatic rings. The Morgan fingerprint density at radius 1 is 1.10 bits per heavy atom. The summed E-state index contributed by atoms with van der Waals surface area (Å²) >= 11 is 0. The van der Waals surface area contributed by atoms with Crippen molar-refractivity contribution in [3.8, 4) is 0 Å². The van der Waals surface area contributed by atoms with Crippen molar-refractivity contribution in [2.75, 3.05) is 26.2 Å². The van der Waals surface area contributed by atoms with E-state index in [1.165, 1.54) is 25.7 Å². The number of likely N-dealkylation sites (tertiary alicyclic amines) is 2. The Bertz CT molecular complexity index is 367. The van der Waals surface area contributed by atoms with Gasteiger partial charge in [-0.25, -0.2) is 5.84 Å². The molecule has 3 N–H and O–H groups in total. The zero-order chi connectivity index (χ0) is 15.2. The maximum atomic E-state index is 12.4. The summed E-state index contributed by atoms with van der Waals surface area (Å²) in [6, 6.07) is 0.497. The fraction of sp³-hybridized carbons (Fsp3) is 0.867. The van der Waals surface area contributed by atoms with Crippen LogP contribution in [0.4, 0.5) is 0 Å². The fourth-order valence-electron chi connectivity index (χ4n) is 3.35. The molecule has 2 amide bonds. The normalized spacial score (nSPS) is 25.4. The Balaban J connectivity index is 1.80. The van der Waals surface area contributed by atoms with Crippen LogP contribution in [0.5, 0.6) is 0 Å². The van der Waals surface area contributed by atoms with Crippen molar-refractivity contribution >= 4 is 11.8 Å². The lowest BCUT2D eigenvalue weighted by atomic mass is 9.96. The number of rotatable bonds is 3. The van der Waals surface area contributed by atoms with Crippen LogP contribution in [0.25, 0.3) is 0 Å². The van der Waals surface area contributed by atoms with Gasteiger partial charge in [-0.2, -0.15) is 0 Å². The molecule has 2 rings (SSSR count). The summed E-state index contributed by atoms with van der Waals surface area (Å²) in [7, 11) is 0. The van der Waals surface area contributed by atoms with Crippen molar-refractivity contribution in [3.63, 3.8) is 0 Å². The molecular formula is C15H28N4O2. The summed E-state index contributed by atoms with van der Waals surface area (Å²) < 4.78 is 0. The summed E-state index contributed by atoms with van der Waals surface area (Å²) in [5.41, 5.74) is 2.21. The van der Waals surface area contributed by atoms with Gasteiger partial charge >= 0.3 is 0 Å². The number of nitrogens with one attached hydrogen (secondary N) is 1. The molecule has 21 heavy (non-hydrogen) atoms. The predicted octanol–water partition coefficient (Wildman–Crippen LogP) is 0.479. The average molecular weight is 296 g/mol. The first-order valence-electron chi connectivity index (χ1n) is 8.14. The van der Waals surface area contributed by atoms with E-state index in [-0.39, 0.29) is 17.7 Å². The SMILES string of the molecule is CC1CCCCCN1CC(=O)N1CCC(C(=O)NN)CC1. The Kier molecular flexibility index (Phi) is 5.99. The third-order valence-corrected chi connectivity index (χ3v) is 4.89. The third kappa shape index (κ3) is 4.41. The molecule has 2 aliphatic rings.